The molecule has 2 aromatic rings. The third-order valence-corrected chi connectivity index (χ3v) is 5.38. The van der Waals surface area contributed by atoms with E-state index in [4.69, 9.17) is 14.2 Å². The Hall–Kier alpha value is -2.50. The molecule has 28 heavy (non-hydrogen) atoms. The van der Waals surface area contributed by atoms with Crippen LogP contribution in [-0.4, -0.2) is 36.5 Å². The molecule has 5 nitrogen and oxygen atoms in total. The van der Waals surface area contributed by atoms with Crippen LogP contribution in [0.3, 0.4) is 0 Å². The van der Waals surface area contributed by atoms with Gasteiger partial charge in [0.2, 0.25) is 6.79 Å². The molecule has 1 N–H and O–H groups in total. The van der Waals surface area contributed by atoms with Gasteiger partial charge in [0.25, 0.3) is 0 Å². The molecule has 0 spiro atoms. The average molecular weight is 381 g/mol. The molecule has 1 saturated heterocycles. The molecule has 0 bridgehead atoms. The predicted molar refractivity (Wildman–Crippen MR) is 108 cm³/mol. The summed E-state index contributed by atoms with van der Waals surface area (Å²) < 4.78 is 16.6. The van der Waals surface area contributed by atoms with Gasteiger partial charge in [-0.1, -0.05) is 24.8 Å². The highest BCUT2D eigenvalue weighted by Gasteiger charge is 2.35. The molecule has 4 rings (SSSR count). The van der Waals surface area contributed by atoms with Crippen LogP contribution < -0.4 is 14.2 Å². The molecule has 2 aromatic carbocycles. The largest absolute Gasteiger partial charge is 0.489 e. The lowest BCUT2D eigenvalue weighted by atomic mass is 9.84. The summed E-state index contributed by atoms with van der Waals surface area (Å²) in [6.45, 7) is 9.14. The van der Waals surface area contributed by atoms with E-state index in [1.54, 1.807) is 0 Å². The van der Waals surface area contributed by atoms with Crippen molar-refractivity contribution in [2.45, 2.75) is 31.9 Å². The predicted octanol–water partition coefficient (Wildman–Crippen LogP) is 3.85. The van der Waals surface area contributed by atoms with Gasteiger partial charge in [0.1, 0.15) is 12.4 Å². The first-order chi connectivity index (χ1) is 13.5. The summed E-state index contributed by atoms with van der Waals surface area (Å²) in [5, 5.41) is 11.2. The highest BCUT2D eigenvalue weighted by Crippen LogP contribution is 2.39. The SMILES string of the molecule is C=C(C)COc1cccc(CN2CCC(O)(c3ccc4c(c3)OCO4)CC2)c1. The van der Waals surface area contributed by atoms with Crippen LogP contribution in [0.4, 0.5) is 0 Å². The molecular weight excluding hydrogens is 354 g/mol. The van der Waals surface area contributed by atoms with E-state index < -0.39 is 5.60 Å². The first-order valence-electron chi connectivity index (χ1n) is 9.73. The molecule has 0 aliphatic carbocycles. The molecule has 2 aliphatic rings. The number of piperidine rings is 1. The molecule has 5 heteroatoms. The summed E-state index contributed by atoms with van der Waals surface area (Å²) in [4.78, 5) is 2.37. The number of nitrogens with zero attached hydrogens (tertiary/aromatic N) is 1. The fourth-order valence-electron chi connectivity index (χ4n) is 3.75. The standard InChI is InChI=1S/C23H27NO4/c1-17(2)15-26-20-5-3-4-18(12-20)14-24-10-8-23(25,9-11-24)19-6-7-21-22(13-19)28-16-27-21/h3-7,12-13,25H,1,8-11,14-16H2,2H3. The number of hydrogen-bond donors (Lipinski definition) is 1. The van der Waals surface area contributed by atoms with Crippen molar-refractivity contribution in [3.05, 3.63) is 65.7 Å². The number of fused-ring (bicyclic) bond motifs is 1. The Morgan fingerprint density at radius 1 is 1.14 bits per heavy atom. The molecular formula is C23H27NO4. The highest BCUT2D eigenvalue weighted by molar-refractivity contribution is 5.46. The lowest BCUT2D eigenvalue weighted by Gasteiger charge is -2.38. The van der Waals surface area contributed by atoms with E-state index in [9.17, 15) is 5.11 Å². The number of rotatable bonds is 6. The zero-order valence-electron chi connectivity index (χ0n) is 16.3. The average Bonchev–Trinajstić information content (AvgIpc) is 3.16. The molecule has 0 radical (unpaired) electrons. The van der Waals surface area contributed by atoms with Gasteiger partial charge in [-0.2, -0.15) is 0 Å². The van der Waals surface area contributed by atoms with Crippen molar-refractivity contribution in [1.82, 2.24) is 4.90 Å². The van der Waals surface area contributed by atoms with E-state index in [-0.39, 0.29) is 6.79 Å². The van der Waals surface area contributed by atoms with Gasteiger partial charge in [-0.3, -0.25) is 4.90 Å². The van der Waals surface area contributed by atoms with Crippen molar-refractivity contribution in [3.63, 3.8) is 0 Å². The van der Waals surface area contributed by atoms with E-state index in [0.29, 0.717) is 19.4 Å². The first-order valence-corrected chi connectivity index (χ1v) is 9.73. The summed E-state index contributed by atoms with van der Waals surface area (Å²) in [5.74, 6) is 2.34. The number of aliphatic hydroxyl groups is 1. The molecule has 1 fully saturated rings. The van der Waals surface area contributed by atoms with Gasteiger partial charge in [0.05, 0.1) is 5.60 Å². The van der Waals surface area contributed by atoms with Crippen LogP contribution in [-0.2, 0) is 12.1 Å². The van der Waals surface area contributed by atoms with Crippen molar-refractivity contribution < 1.29 is 19.3 Å². The highest BCUT2D eigenvalue weighted by atomic mass is 16.7. The first kappa shape index (κ1) is 18.8. The second-order valence-electron chi connectivity index (χ2n) is 7.77. The summed E-state index contributed by atoms with van der Waals surface area (Å²) >= 11 is 0. The quantitative estimate of drug-likeness (QED) is 0.770. The molecule has 2 heterocycles. The fourth-order valence-corrected chi connectivity index (χ4v) is 3.75. The molecule has 2 aliphatic heterocycles. The maximum Gasteiger partial charge on any atom is 0.231 e. The van der Waals surface area contributed by atoms with Crippen LogP contribution in [0.1, 0.15) is 30.9 Å². The summed E-state index contributed by atoms with van der Waals surface area (Å²) in [5.41, 5.74) is 2.31. The lowest BCUT2D eigenvalue weighted by molar-refractivity contribution is -0.0278. The summed E-state index contributed by atoms with van der Waals surface area (Å²) in [6, 6.07) is 14.0. The molecule has 0 saturated carbocycles. The normalized spacial score (nSPS) is 18.1. The van der Waals surface area contributed by atoms with Crippen molar-refractivity contribution in [2.24, 2.45) is 0 Å². The minimum Gasteiger partial charge on any atom is -0.489 e. The van der Waals surface area contributed by atoms with Crippen LogP contribution in [0, 0.1) is 0 Å². The van der Waals surface area contributed by atoms with Crippen LogP contribution >= 0.6 is 0 Å². The van der Waals surface area contributed by atoms with Gasteiger partial charge in [-0.25, -0.2) is 0 Å². The van der Waals surface area contributed by atoms with Gasteiger partial charge < -0.3 is 19.3 Å². The minimum atomic E-state index is -0.816. The molecule has 148 valence electrons. The Labute approximate surface area is 166 Å². The van der Waals surface area contributed by atoms with Gasteiger partial charge >= 0.3 is 0 Å². The fraction of sp³-hybridized carbons (Fsp3) is 0.391. The van der Waals surface area contributed by atoms with E-state index in [2.05, 4.69) is 23.6 Å². The van der Waals surface area contributed by atoms with Crippen LogP contribution in [0.15, 0.2) is 54.6 Å². The maximum atomic E-state index is 11.2. The van der Waals surface area contributed by atoms with E-state index >= 15 is 0 Å². The third-order valence-electron chi connectivity index (χ3n) is 5.38. The van der Waals surface area contributed by atoms with Crippen molar-refractivity contribution in [2.75, 3.05) is 26.5 Å². The Balaban J connectivity index is 1.36. The zero-order chi connectivity index (χ0) is 19.6. The Kier molecular flexibility index (Phi) is 5.29. The smallest absolute Gasteiger partial charge is 0.231 e. The van der Waals surface area contributed by atoms with Crippen molar-refractivity contribution >= 4 is 0 Å². The molecule has 0 amide bonds. The second kappa shape index (κ2) is 7.86. The third kappa shape index (κ3) is 4.16. The topological polar surface area (TPSA) is 51.2 Å². The van der Waals surface area contributed by atoms with Gasteiger partial charge in [-0.15, -0.1) is 0 Å². The van der Waals surface area contributed by atoms with Gasteiger partial charge in [0, 0.05) is 19.6 Å². The maximum absolute atomic E-state index is 11.2. The van der Waals surface area contributed by atoms with E-state index in [1.165, 1.54) is 5.56 Å². The summed E-state index contributed by atoms with van der Waals surface area (Å²) in [6.07, 6.45) is 1.39. The van der Waals surface area contributed by atoms with Crippen molar-refractivity contribution in [1.29, 1.82) is 0 Å². The van der Waals surface area contributed by atoms with Crippen LogP contribution in [0.5, 0.6) is 17.2 Å². The Bertz CT molecular complexity index is 855. The van der Waals surface area contributed by atoms with Crippen molar-refractivity contribution in [3.8, 4) is 17.2 Å². The Morgan fingerprint density at radius 3 is 2.71 bits per heavy atom. The summed E-state index contributed by atoms with van der Waals surface area (Å²) in [7, 11) is 0. The number of ether oxygens (including phenoxy) is 3. The van der Waals surface area contributed by atoms with Crippen LogP contribution in [0.25, 0.3) is 0 Å². The van der Waals surface area contributed by atoms with Gasteiger partial charge in [-0.05, 0) is 60.7 Å². The van der Waals surface area contributed by atoms with Crippen LogP contribution in [0.2, 0.25) is 0 Å². The zero-order valence-corrected chi connectivity index (χ0v) is 16.3. The van der Waals surface area contributed by atoms with Gasteiger partial charge in [0.15, 0.2) is 11.5 Å². The number of likely N-dealkylation sites (tertiary alicyclic amines) is 1. The Morgan fingerprint density at radius 2 is 1.93 bits per heavy atom. The second-order valence-corrected chi connectivity index (χ2v) is 7.77. The number of benzene rings is 2. The van der Waals surface area contributed by atoms with E-state index in [0.717, 1.165) is 48.0 Å². The monoisotopic (exact) mass is 381 g/mol. The molecule has 0 atom stereocenters. The molecule has 0 unspecified atom stereocenters. The molecule has 0 aromatic heterocycles. The minimum absolute atomic E-state index is 0.250. The lowest BCUT2D eigenvalue weighted by Crippen LogP contribution is -2.42. The number of hydrogen-bond acceptors (Lipinski definition) is 5. The van der Waals surface area contributed by atoms with E-state index in [1.807, 2.05) is 37.3 Å².